The molecule has 2 aliphatic rings. The second kappa shape index (κ2) is 8.66. The summed E-state index contributed by atoms with van der Waals surface area (Å²) < 4.78 is 21.0. The molecule has 9 heteroatoms. The largest absolute Gasteiger partial charge is 0.495 e. The molecule has 1 aromatic heterocycles. The quantitative estimate of drug-likeness (QED) is 0.554. The van der Waals surface area contributed by atoms with Gasteiger partial charge in [0.1, 0.15) is 17.3 Å². The fourth-order valence-electron chi connectivity index (χ4n) is 4.71. The Morgan fingerprint density at radius 3 is 2.66 bits per heavy atom. The van der Waals surface area contributed by atoms with E-state index in [1.54, 1.807) is 36.5 Å². The van der Waals surface area contributed by atoms with Crippen molar-refractivity contribution in [3.8, 4) is 11.4 Å². The number of halogens is 1. The summed E-state index contributed by atoms with van der Waals surface area (Å²) >= 11 is 0. The SMILES string of the molecule is COc1cc(/C=C2\N=C3N(CCO)CC(C)(c4ccc(F)cc4)N3C2=O)ccc1-n1cnc(C)c1. The monoisotopic (exact) mass is 475 g/mol. The molecule has 0 bridgehead atoms. The molecule has 1 N–H and O–H groups in total. The summed E-state index contributed by atoms with van der Waals surface area (Å²) in [6.45, 7) is 4.55. The first kappa shape index (κ1) is 22.8. The standard InChI is InChI=1S/C26H26FN5O3/c1-17-14-31(16-28-17)22-9-4-18(13-23(22)35-3)12-21-24(34)32-25(29-21)30(10-11-33)15-26(32,2)19-5-7-20(27)8-6-19/h4-9,12-14,16,33H,10-11,15H2,1-3H3/b21-12-. The highest BCUT2D eigenvalue weighted by molar-refractivity contribution is 6.15. The lowest BCUT2D eigenvalue weighted by Gasteiger charge is -2.31. The Balaban J connectivity index is 1.52. The average molecular weight is 476 g/mol. The number of aliphatic hydroxyl groups excluding tert-OH is 1. The minimum Gasteiger partial charge on any atom is -0.495 e. The molecule has 0 spiro atoms. The number of benzene rings is 2. The Kier molecular flexibility index (Phi) is 5.64. The van der Waals surface area contributed by atoms with E-state index in [1.165, 1.54) is 12.1 Å². The summed E-state index contributed by atoms with van der Waals surface area (Å²) in [6, 6.07) is 11.8. The van der Waals surface area contributed by atoms with Crippen LogP contribution in [-0.2, 0) is 10.3 Å². The van der Waals surface area contributed by atoms with Gasteiger partial charge in [0.15, 0.2) is 0 Å². The molecule has 3 heterocycles. The van der Waals surface area contributed by atoms with Crippen molar-refractivity contribution in [3.05, 3.63) is 83.3 Å². The van der Waals surface area contributed by atoms with E-state index in [4.69, 9.17) is 4.74 Å². The van der Waals surface area contributed by atoms with Crippen LogP contribution in [0.4, 0.5) is 4.39 Å². The van der Waals surface area contributed by atoms with Crippen molar-refractivity contribution in [2.24, 2.45) is 4.99 Å². The number of aliphatic imine (C=N–C) groups is 1. The zero-order chi connectivity index (χ0) is 24.7. The van der Waals surface area contributed by atoms with Crippen LogP contribution in [0.15, 0.2) is 65.7 Å². The van der Waals surface area contributed by atoms with Crippen molar-refractivity contribution < 1.29 is 19.0 Å². The maximum absolute atomic E-state index is 13.6. The van der Waals surface area contributed by atoms with Gasteiger partial charge in [0.2, 0.25) is 5.96 Å². The van der Waals surface area contributed by atoms with Gasteiger partial charge in [0, 0.05) is 19.3 Å². The van der Waals surface area contributed by atoms with Crippen LogP contribution in [0.1, 0.15) is 23.7 Å². The first-order chi connectivity index (χ1) is 16.8. The Labute approximate surface area is 202 Å². The second-order valence-corrected chi connectivity index (χ2v) is 8.86. The lowest BCUT2D eigenvalue weighted by Crippen LogP contribution is -2.44. The number of imidazole rings is 1. The highest BCUT2D eigenvalue weighted by Crippen LogP contribution is 2.40. The number of aromatic nitrogens is 2. The highest BCUT2D eigenvalue weighted by Gasteiger charge is 2.52. The number of rotatable bonds is 6. The molecule has 5 rings (SSSR count). The molecule has 35 heavy (non-hydrogen) atoms. The molecule has 180 valence electrons. The first-order valence-electron chi connectivity index (χ1n) is 11.3. The van der Waals surface area contributed by atoms with Crippen LogP contribution in [0, 0.1) is 12.7 Å². The molecule has 3 aromatic rings. The van der Waals surface area contributed by atoms with Crippen LogP contribution in [0.5, 0.6) is 5.75 Å². The van der Waals surface area contributed by atoms with Gasteiger partial charge in [-0.05, 0) is 55.3 Å². The van der Waals surface area contributed by atoms with E-state index in [-0.39, 0.29) is 24.0 Å². The van der Waals surface area contributed by atoms with Crippen LogP contribution in [0.2, 0.25) is 0 Å². The summed E-state index contributed by atoms with van der Waals surface area (Å²) in [5, 5.41) is 9.59. The molecule has 2 aliphatic heterocycles. The van der Waals surface area contributed by atoms with E-state index < -0.39 is 5.54 Å². The van der Waals surface area contributed by atoms with Gasteiger partial charge < -0.3 is 19.3 Å². The number of carbonyl (C=O) groups excluding carboxylic acids is 1. The number of carbonyl (C=O) groups is 1. The molecule has 8 nitrogen and oxygen atoms in total. The van der Waals surface area contributed by atoms with Crippen LogP contribution in [0.3, 0.4) is 0 Å². The van der Waals surface area contributed by atoms with E-state index >= 15 is 0 Å². The smallest absolute Gasteiger partial charge is 0.280 e. The maximum Gasteiger partial charge on any atom is 0.280 e. The minimum absolute atomic E-state index is 0.0774. The van der Waals surface area contributed by atoms with Crippen molar-refractivity contribution >= 4 is 17.9 Å². The number of nitrogens with zero attached hydrogens (tertiary/aromatic N) is 5. The van der Waals surface area contributed by atoms with Gasteiger partial charge in [0.25, 0.3) is 5.91 Å². The number of aryl methyl sites for hydroxylation is 1. The van der Waals surface area contributed by atoms with Crippen molar-refractivity contribution in [1.29, 1.82) is 0 Å². The number of ether oxygens (including phenoxy) is 1. The molecule has 0 radical (unpaired) electrons. The van der Waals surface area contributed by atoms with E-state index in [0.29, 0.717) is 24.8 Å². The van der Waals surface area contributed by atoms with E-state index in [2.05, 4.69) is 9.98 Å². The summed E-state index contributed by atoms with van der Waals surface area (Å²) in [5.74, 6) is 0.529. The van der Waals surface area contributed by atoms with Crippen molar-refractivity contribution in [2.45, 2.75) is 19.4 Å². The molecular weight excluding hydrogens is 449 g/mol. The third kappa shape index (κ3) is 3.87. The number of hydrogen-bond donors (Lipinski definition) is 1. The second-order valence-electron chi connectivity index (χ2n) is 8.86. The van der Waals surface area contributed by atoms with Crippen molar-refractivity contribution in [2.75, 3.05) is 26.8 Å². The van der Waals surface area contributed by atoms with Gasteiger partial charge in [-0.25, -0.2) is 14.4 Å². The third-order valence-electron chi connectivity index (χ3n) is 6.45. The molecule has 1 unspecified atom stereocenters. The highest BCUT2D eigenvalue weighted by atomic mass is 19.1. The fourth-order valence-corrected chi connectivity index (χ4v) is 4.71. The van der Waals surface area contributed by atoms with Gasteiger partial charge in [0.05, 0.1) is 37.0 Å². The number of methoxy groups -OCH3 is 1. The molecule has 1 fully saturated rings. The van der Waals surface area contributed by atoms with Crippen LogP contribution in [0.25, 0.3) is 11.8 Å². The normalized spacial score (nSPS) is 20.5. The lowest BCUT2D eigenvalue weighted by atomic mass is 9.91. The number of amides is 1. The summed E-state index contributed by atoms with van der Waals surface area (Å²) in [5.41, 5.74) is 2.80. The van der Waals surface area contributed by atoms with E-state index in [1.807, 2.05) is 47.7 Å². The molecule has 2 aromatic carbocycles. The summed E-state index contributed by atoms with van der Waals surface area (Å²) in [6.07, 6.45) is 5.35. The van der Waals surface area contributed by atoms with Crippen LogP contribution >= 0.6 is 0 Å². The molecule has 1 saturated heterocycles. The Bertz CT molecular complexity index is 1350. The van der Waals surface area contributed by atoms with E-state index in [0.717, 1.165) is 22.5 Å². The van der Waals surface area contributed by atoms with Gasteiger partial charge in [-0.2, -0.15) is 0 Å². The molecule has 0 saturated carbocycles. The molecule has 1 amide bonds. The third-order valence-corrected chi connectivity index (χ3v) is 6.45. The molecule has 1 atom stereocenters. The predicted molar refractivity (Wildman–Crippen MR) is 130 cm³/mol. The van der Waals surface area contributed by atoms with E-state index in [9.17, 15) is 14.3 Å². The Morgan fingerprint density at radius 1 is 1.23 bits per heavy atom. The lowest BCUT2D eigenvalue weighted by molar-refractivity contribution is -0.125. The van der Waals surface area contributed by atoms with Crippen molar-refractivity contribution in [1.82, 2.24) is 19.4 Å². The van der Waals surface area contributed by atoms with Gasteiger partial charge in [-0.15, -0.1) is 0 Å². The molecular formula is C26H26FN5O3. The molecule has 0 aliphatic carbocycles. The summed E-state index contributed by atoms with van der Waals surface area (Å²) in [4.78, 5) is 26.0. The minimum atomic E-state index is -0.755. The number of hydrogen-bond acceptors (Lipinski definition) is 6. The first-order valence-corrected chi connectivity index (χ1v) is 11.3. The van der Waals surface area contributed by atoms with Gasteiger partial charge >= 0.3 is 0 Å². The van der Waals surface area contributed by atoms with Gasteiger partial charge in [-0.1, -0.05) is 18.2 Å². The topological polar surface area (TPSA) is 83.2 Å². The Hall–Kier alpha value is -3.98. The van der Waals surface area contributed by atoms with Gasteiger partial charge in [-0.3, -0.25) is 9.69 Å². The number of β-amino-alcohol motifs (C(OH)–C–C–N with tert-alkyl or cyclic N) is 1. The van der Waals surface area contributed by atoms with Crippen LogP contribution in [-0.4, -0.2) is 63.1 Å². The average Bonchev–Trinajstić information content (AvgIpc) is 3.50. The zero-order valence-corrected chi connectivity index (χ0v) is 19.8. The Morgan fingerprint density at radius 2 is 2.00 bits per heavy atom. The van der Waals surface area contributed by atoms with Crippen molar-refractivity contribution in [3.63, 3.8) is 0 Å². The number of fused-ring (bicyclic) bond motifs is 1. The summed E-state index contributed by atoms with van der Waals surface area (Å²) in [7, 11) is 1.59. The number of guanidine groups is 1. The predicted octanol–water partition coefficient (Wildman–Crippen LogP) is 3.09. The zero-order valence-electron chi connectivity index (χ0n) is 19.8. The maximum atomic E-state index is 13.6. The fraction of sp³-hybridized carbons (Fsp3) is 0.269. The number of aliphatic hydroxyl groups is 1. The van der Waals surface area contributed by atoms with Crippen LogP contribution < -0.4 is 4.74 Å².